The summed E-state index contributed by atoms with van der Waals surface area (Å²) >= 11 is -0.0269. The number of hydrogen-bond acceptors (Lipinski definition) is 7. The number of alkyl halides is 1. The quantitative estimate of drug-likeness (QED) is 0.326. The Morgan fingerprint density at radius 2 is 2.00 bits per heavy atom. The van der Waals surface area contributed by atoms with Crippen LogP contribution < -0.4 is 5.26 Å². The lowest BCUT2D eigenvalue weighted by Gasteiger charge is -2.54. The Kier molecular flexibility index (Phi) is 3.76. The minimum atomic E-state index is -2.53. The number of ether oxygens (including phenoxy) is 1. The summed E-state index contributed by atoms with van der Waals surface area (Å²) in [6, 6.07) is 0. The van der Waals surface area contributed by atoms with Crippen LogP contribution in [0.15, 0.2) is 0 Å². The number of Topliss-reactive ketones (excluding diaryl/α,β-unsaturated/α-hetero) is 1. The number of esters is 1. The first-order chi connectivity index (χ1) is 9.85. The molecule has 3 unspecified atom stereocenters. The van der Waals surface area contributed by atoms with Gasteiger partial charge in [0.1, 0.15) is 11.4 Å². The Morgan fingerprint density at radius 3 is 2.57 bits per heavy atom. The third-order valence-corrected chi connectivity index (χ3v) is 5.43. The third kappa shape index (κ3) is 2.69. The van der Waals surface area contributed by atoms with Crippen LogP contribution in [0.2, 0.25) is 0 Å². The average molecular weight is 319 g/mol. The summed E-state index contributed by atoms with van der Waals surface area (Å²) < 4.78 is 23.4. The van der Waals surface area contributed by atoms with Crippen LogP contribution in [0, 0.1) is 17.8 Å². The van der Waals surface area contributed by atoms with Crippen LogP contribution in [0.3, 0.4) is 0 Å². The molecule has 0 heterocycles. The molecule has 118 valence electrons. The van der Waals surface area contributed by atoms with E-state index in [1.807, 2.05) is 0 Å². The predicted octanol–water partition coefficient (Wildman–Crippen LogP) is 1.23. The van der Waals surface area contributed by atoms with Crippen molar-refractivity contribution in [3.05, 3.63) is 0 Å². The average Bonchev–Trinajstić information content (AvgIpc) is 2.41. The van der Waals surface area contributed by atoms with Gasteiger partial charge in [-0.1, -0.05) is 0 Å². The van der Waals surface area contributed by atoms with Gasteiger partial charge >= 0.3 is 5.97 Å². The van der Waals surface area contributed by atoms with Crippen LogP contribution in [0.25, 0.3) is 0 Å². The molecular formula is C13H16FO6S-. The van der Waals surface area contributed by atoms with E-state index in [-0.39, 0.29) is 29.7 Å². The lowest BCUT2D eigenvalue weighted by molar-refractivity contribution is -0.777. The first-order valence-electron chi connectivity index (χ1n) is 6.96. The molecule has 0 aromatic carbocycles. The van der Waals surface area contributed by atoms with Gasteiger partial charge in [-0.05, 0) is 44.9 Å². The monoisotopic (exact) mass is 319 g/mol. The molecule has 0 amide bonds. The van der Waals surface area contributed by atoms with Crippen LogP contribution in [0.5, 0.6) is 0 Å². The fraction of sp³-hybridized carbons (Fsp3) is 0.846. The smallest absolute Gasteiger partial charge is 0.357 e. The maximum Gasteiger partial charge on any atom is 0.357 e. The van der Waals surface area contributed by atoms with Crippen LogP contribution in [-0.4, -0.2) is 22.4 Å². The summed E-state index contributed by atoms with van der Waals surface area (Å²) in [6.45, 7) is 0.949. The van der Waals surface area contributed by atoms with Gasteiger partial charge < -0.3 is 9.99 Å². The Balaban J connectivity index is 1.70. The predicted molar refractivity (Wildman–Crippen MR) is 66.7 cm³/mol. The molecule has 0 saturated heterocycles. The molecule has 4 saturated carbocycles. The fourth-order valence-electron chi connectivity index (χ4n) is 4.20. The van der Waals surface area contributed by atoms with Crippen LogP contribution >= 0.6 is 12.0 Å². The van der Waals surface area contributed by atoms with Crippen molar-refractivity contribution >= 4 is 23.8 Å². The maximum atomic E-state index is 14.1. The molecule has 8 heteroatoms. The summed E-state index contributed by atoms with van der Waals surface area (Å²) in [4.78, 5) is 24.0. The van der Waals surface area contributed by atoms with Gasteiger partial charge in [-0.25, -0.2) is 9.18 Å². The van der Waals surface area contributed by atoms with Gasteiger partial charge in [-0.3, -0.25) is 9.83 Å². The van der Waals surface area contributed by atoms with E-state index < -0.39 is 16.6 Å². The lowest BCUT2D eigenvalue weighted by atomic mass is 9.53. The van der Waals surface area contributed by atoms with Crippen molar-refractivity contribution in [2.24, 2.45) is 17.8 Å². The molecule has 21 heavy (non-hydrogen) atoms. The highest BCUT2D eigenvalue weighted by atomic mass is 32.2. The molecule has 6 nitrogen and oxygen atoms in total. The highest BCUT2D eigenvalue weighted by Gasteiger charge is 2.58. The van der Waals surface area contributed by atoms with E-state index in [4.69, 9.17) is 4.74 Å². The SMILES string of the molecule is CC(F)(SOO[O-])C(=O)OC12CC3CC(C1)C(=O)C(C3)C2. The minimum absolute atomic E-state index is 0.0269. The van der Waals surface area contributed by atoms with E-state index in [1.165, 1.54) is 0 Å². The summed E-state index contributed by atoms with van der Waals surface area (Å²) in [5.41, 5.74) is -0.742. The molecule has 0 aromatic heterocycles. The summed E-state index contributed by atoms with van der Waals surface area (Å²) in [6.07, 6.45) is 3.33. The van der Waals surface area contributed by atoms with Crippen LogP contribution in [-0.2, 0) is 23.7 Å². The molecule has 0 N–H and O–H groups in total. The first-order valence-corrected chi connectivity index (χ1v) is 7.70. The van der Waals surface area contributed by atoms with E-state index in [0.29, 0.717) is 25.2 Å². The molecule has 4 aliphatic carbocycles. The van der Waals surface area contributed by atoms with Gasteiger partial charge in [0.05, 0.1) is 12.0 Å². The molecule has 4 fully saturated rings. The third-order valence-electron chi connectivity index (χ3n) is 4.83. The van der Waals surface area contributed by atoms with Crippen LogP contribution in [0.1, 0.15) is 39.0 Å². The molecule has 0 radical (unpaired) electrons. The van der Waals surface area contributed by atoms with Crippen LogP contribution in [0.4, 0.5) is 4.39 Å². The molecule has 0 aliphatic heterocycles. The van der Waals surface area contributed by atoms with Crippen molar-refractivity contribution < 1.29 is 33.3 Å². The zero-order chi connectivity index (χ0) is 15.3. The maximum absolute atomic E-state index is 14.1. The van der Waals surface area contributed by atoms with E-state index >= 15 is 0 Å². The molecule has 4 aliphatic rings. The Bertz CT molecular complexity index is 450. The largest absolute Gasteiger partial charge is 0.691 e. The van der Waals surface area contributed by atoms with Crippen molar-refractivity contribution in [2.45, 2.75) is 49.6 Å². The molecule has 4 rings (SSSR count). The fourth-order valence-corrected chi connectivity index (χ4v) is 4.47. The molecule has 0 aromatic rings. The molecule has 0 spiro atoms. The van der Waals surface area contributed by atoms with Crippen molar-refractivity contribution in [1.29, 1.82) is 0 Å². The second-order valence-corrected chi connectivity index (χ2v) is 7.52. The van der Waals surface area contributed by atoms with Gasteiger partial charge in [0.25, 0.3) is 5.00 Å². The molecule has 3 atom stereocenters. The normalized spacial score (nSPS) is 40.1. The number of hydrogen-bond donors (Lipinski definition) is 0. The Morgan fingerprint density at radius 1 is 1.38 bits per heavy atom. The number of carbonyl (C=O) groups excluding carboxylic acids is 2. The van der Waals surface area contributed by atoms with E-state index in [2.05, 4.69) is 9.37 Å². The second-order valence-electron chi connectivity index (χ2n) is 6.45. The standard InChI is InChI=1S/C13H17FO6S/c1-12(14,21-20-19-17)11(16)18-13-4-7-2-8(5-13)10(15)9(3-7)6-13/h7-9,17H,2-6H2,1H3/p-1. The van der Waals surface area contributed by atoms with Gasteiger partial charge in [0.2, 0.25) is 0 Å². The van der Waals surface area contributed by atoms with E-state index in [9.17, 15) is 19.2 Å². The summed E-state index contributed by atoms with van der Waals surface area (Å²) in [5, 5.41) is 10.3. The number of carbonyl (C=O) groups is 2. The Hall–Kier alpha value is -0.700. The first kappa shape index (κ1) is 15.2. The number of halogens is 1. The van der Waals surface area contributed by atoms with Crippen molar-refractivity contribution in [2.75, 3.05) is 0 Å². The minimum Gasteiger partial charge on any atom is -0.691 e. The van der Waals surface area contributed by atoms with Gasteiger partial charge in [-0.2, -0.15) is 4.33 Å². The van der Waals surface area contributed by atoms with Crippen molar-refractivity contribution in [3.63, 3.8) is 0 Å². The molecule has 4 bridgehead atoms. The zero-order valence-electron chi connectivity index (χ0n) is 11.5. The highest BCUT2D eigenvalue weighted by Crippen LogP contribution is 2.56. The molecular weight excluding hydrogens is 303 g/mol. The zero-order valence-corrected chi connectivity index (χ0v) is 12.3. The summed E-state index contributed by atoms with van der Waals surface area (Å²) in [7, 11) is 0. The lowest BCUT2D eigenvalue weighted by Crippen LogP contribution is -2.57. The number of ketones is 1. The van der Waals surface area contributed by atoms with Crippen molar-refractivity contribution in [1.82, 2.24) is 0 Å². The number of rotatable bonds is 5. The van der Waals surface area contributed by atoms with Gasteiger partial charge in [0.15, 0.2) is 0 Å². The van der Waals surface area contributed by atoms with E-state index in [0.717, 1.165) is 19.8 Å². The van der Waals surface area contributed by atoms with Gasteiger partial charge in [0, 0.05) is 11.8 Å². The summed E-state index contributed by atoms with van der Waals surface area (Å²) in [5.74, 6) is -0.600. The topological polar surface area (TPSA) is 84.9 Å². The Labute approximate surface area is 125 Å². The highest BCUT2D eigenvalue weighted by molar-refractivity contribution is 7.96. The van der Waals surface area contributed by atoms with Crippen molar-refractivity contribution in [3.8, 4) is 0 Å². The van der Waals surface area contributed by atoms with Gasteiger partial charge in [-0.15, -0.1) is 0 Å². The second kappa shape index (κ2) is 5.19. The van der Waals surface area contributed by atoms with E-state index in [1.54, 1.807) is 0 Å².